The van der Waals surface area contributed by atoms with Crippen LogP contribution in [0.3, 0.4) is 0 Å². The molecule has 3 unspecified atom stereocenters. The first-order valence-electron chi connectivity index (χ1n) is 6.12. The second-order valence-corrected chi connectivity index (χ2v) is 6.04. The SMILES string of the molecule is COC(=O)C(C(N)CC1CCCCC1)[PH](=O)O.Cl. The van der Waals surface area contributed by atoms with Crippen molar-refractivity contribution in [1.29, 1.82) is 0 Å². The number of ether oxygens (including phenoxy) is 1. The highest BCUT2D eigenvalue weighted by Gasteiger charge is 2.33. The van der Waals surface area contributed by atoms with Crippen LogP contribution in [0.5, 0.6) is 0 Å². The fourth-order valence-corrected chi connectivity index (χ4v) is 3.35. The summed E-state index contributed by atoms with van der Waals surface area (Å²) in [5, 5.41) is 0. The third-order valence-electron chi connectivity index (χ3n) is 3.48. The molecule has 7 heteroatoms. The minimum atomic E-state index is -2.98. The van der Waals surface area contributed by atoms with Crippen LogP contribution in [0.4, 0.5) is 0 Å². The van der Waals surface area contributed by atoms with Crippen LogP contribution >= 0.6 is 20.4 Å². The second kappa shape index (κ2) is 8.92. The highest BCUT2D eigenvalue weighted by atomic mass is 35.5. The van der Waals surface area contributed by atoms with E-state index in [-0.39, 0.29) is 12.4 Å². The first-order valence-corrected chi connectivity index (χ1v) is 7.55. The van der Waals surface area contributed by atoms with Crippen LogP contribution in [0.15, 0.2) is 0 Å². The lowest BCUT2D eigenvalue weighted by molar-refractivity contribution is -0.140. The van der Waals surface area contributed by atoms with Crippen LogP contribution < -0.4 is 5.73 Å². The second-order valence-electron chi connectivity index (χ2n) is 4.74. The van der Waals surface area contributed by atoms with Crippen LogP contribution in [0.25, 0.3) is 0 Å². The third-order valence-corrected chi connectivity index (χ3v) is 4.68. The fourth-order valence-electron chi connectivity index (χ4n) is 2.53. The van der Waals surface area contributed by atoms with E-state index in [4.69, 9.17) is 5.73 Å². The summed E-state index contributed by atoms with van der Waals surface area (Å²) < 4.78 is 15.7. The largest absolute Gasteiger partial charge is 0.468 e. The van der Waals surface area contributed by atoms with Gasteiger partial charge in [-0.2, -0.15) is 0 Å². The van der Waals surface area contributed by atoms with E-state index < -0.39 is 25.7 Å². The van der Waals surface area contributed by atoms with Crippen LogP contribution in [0, 0.1) is 5.92 Å². The quantitative estimate of drug-likeness (QED) is 0.596. The van der Waals surface area contributed by atoms with Gasteiger partial charge in [-0.05, 0) is 12.3 Å². The molecule has 3 N–H and O–H groups in total. The van der Waals surface area contributed by atoms with Gasteiger partial charge in [0.1, 0.15) is 5.66 Å². The zero-order chi connectivity index (χ0) is 12.8. The number of hydrogen-bond acceptors (Lipinski definition) is 4. The van der Waals surface area contributed by atoms with Gasteiger partial charge < -0.3 is 15.4 Å². The predicted molar refractivity (Wildman–Crippen MR) is 73.4 cm³/mol. The average Bonchev–Trinajstić information content (AvgIpc) is 2.29. The van der Waals surface area contributed by atoms with Crippen molar-refractivity contribution in [2.45, 2.75) is 50.2 Å². The number of hydrogen-bond donors (Lipinski definition) is 2. The average molecular weight is 300 g/mol. The summed E-state index contributed by atoms with van der Waals surface area (Å²) in [6.07, 6.45) is 6.48. The van der Waals surface area contributed by atoms with E-state index in [9.17, 15) is 14.3 Å². The van der Waals surface area contributed by atoms with Crippen molar-refractivity contribution >= 4 is 26.4 Å². The van der Waals surface area contributed by atoms with E-state index >= 15 is 0 Å². The molecule has 1 fully saturated rings. The van der Waals surface area contributed by atoms with Crippen LogP contribution in [-0.2, 0) is 14.1 Å². The Kier molecular flexibility index (Phi) is 8.87. The Morgan fingerprint density at radius 3 is 2.44 bits per heavy atom. The Bertz CT molecular complexity index is 284. The van der Waals surface area contributed by atoms with Crippen molar-refractivity contribution < 1.29 is 19.0 Å². The maximum atomic E-state index is 11.4. The molecule has 0 amide bonds. The molecule has 0 aliphatic heterocycles. The minimum absolute atomic E-state index is 0. The smallest absolute Gasteiger partial charge is 0.319 e. The summed E-state index contributed by atoms with van der Waals surface area (Å²) in [7, 11) is -1.77. The van der Waals surface area contributed by atoms with Crippen molar-refractivity contribution in [2.24, 2.45) is 11.7 Å². The molecule has 1 rings (SSSR count). The fraction of sp³-hybridized carbons (Fsp3) is 0.909. The van der Waals surface area contributed by atoms with Crippen molar-refractivity contribution in [1.82, 2.24) is 0 Å². The summed E-state index contributed by atoms with van der Waals surface area (Å²) in [6, 6.07) is -0.568. The molecule has 0 saturated heterocycles. The molecule has 5 nitrogen and oxygen atoms in total. The topological polar surface area (TPSA) is 89.6 Å². The van der Waals surface area contributed by atoms with Crippen molar-refractivity contribution in [3.05, 3.63) is 0 Å². The summed E-state index contributed by atoms with van der Waals surface area (Å²) in [5.41, 5.74) is 4.84. The molecule has 0 bridgehead atoms. The molecule has 1 aliphatic rings. The van der Waals surface area contributed by atoms with Gasteiger partial charge in [0.15, 0.2) is 0 Å². The van der Waals surface area contributed by atoms with Crippen LogP contribution in [0.2, 0.25) is 0 Å². The number of nitrogens with two attached hydrogens (primary N) is 1. The van der Waals surface area contributed by atoms with E-state index in [1.165, 1.54) is 26.4 Å². The zero-order valence-electron chi connectivity index (χ0n) is 10.6. The van der Waals surface area contributed by atoms with E-state index in [1.807, 2.05) is 0 Å². The Labute approximate surface area is 115 Å². The molecule has 0 spiro atoms. The molecule has 18 heavy (non-hydrogen) atoms. The normalized spacial score (nSPS) is 21.5. The zero-order valence-corrected chi connectivity index (χ0v) is 12.4. The molecule has 0 heterocycles. The predicted octanol–water partition coefficient (Wildman–Crippen LogP) is 1.71. The Hall–Kier alpha value is -0.0900. The molecule has 0 aromatic heterocycles. The molecular formula is C11H23ClNO4P. The van der Waals surface area contributed by atoms with Gasteiger partial charge in [0.2, 0.25) is 8.03 Å². The summed E-state index contributed by atoms with van der Waals surface area (Å²) in [5.74, 6) is -0.188. The Morgan fingerprint density at radius 1 is 1.44 bits per heavy atom. The molecule has 1 saturated carbocycles. The first-order chi connectivity index (χ1) is 8.06. The van der Waals surface area contributed by atoms with Gasteiger partial charge in [-0.3, -0.25) is 9.36 Å². The molecule has 1 aliphatic carbocycles. The molecular weight excluding hydrogens is 277 g/mol. The molecule has 108 valence electrons. The lowest BCUT2D eigenvalue weighted by atomic mass is 9.84. The standard InChI is InChI=1S/C11H22NO4P.ClH/c1-16-11(13)10(17(14)15)9(12)7-8-5-3-2-4-6-8;/h8-10,17H,2-7,12H2,1H3,(H,14,15);1H. The van der Waals surface area contributed by atoms with Crippen molar-refractivity contribution in [3.63, 3.8) is 0 Å². The van der Waals surface area contributed by atoms with Gasteiger partial charge in [0, 0.05) is 6.04 Å². The molecule has 0 aromatic carbocycles. The molecule has 0 aromatic rings. The Balaban J connectivity index is 0.00000289. The lowest BCUT2D eigenvalue weighted by Gasteiger charge is -2.27. The Morgan fingerprint density at radius 2 is 2.00 bits per heavy atom. The summed E-state index contributed by atoms with van der Waals surface area (Å²) >= 11 is 0. The van der Waals surface area contributed by atoms with E-state index in [0.717, 1.165) is 12.8 Å². The minimum Gasteiger partial charge on any atom is -0.468 e. The number of esters is 1. The number of carbonyl (C=O) groups is 1. The molecule has 3 atom stereocenters. The van der Waals surface area contributed by atoms with Crippen LogP contribution in [0.1, 0.15) is 38.5 Å². The third kappa shape index (κ3) is 5.27. The van der Waals surface area contributed by atoms with Gasteiger partial charge in [0.25, 0.3) is 0 Å². The van der Waals surface area contributed by atoms with Gasteiger partial charge >= 0.3 is 5.97 Å². The first kappa shape index (κ1) is 17.9. The van der Waals surface area contributed by atoms with Gasteiger partial charge in [-0.1, -0.05) is 32.1 Å². The van der Waals surface area contributed by atoms with Crippen molar-refractivity contribution in [2.75, 3.05) is 7.11 Å². The number of rotatable bonds is 5. The highest BCUT2D eigenvalue weighted by molar-refractivity contribution is 7.40. The van der Waals surface area contributed by atoms with Crippen LogP contribution in [-0.4, -0.2) is 29.7 Å². The van der Waals surface area contributed by atoms with Crippen molar-refractivity contribution in [3.8, 4) is 0 Å². The maximum Gasteiger partial charge on any atom is 0.319 e. The summed E-state index contributed by atoms with van der Waals surface area (Å²) in [6.45, 7) is 0. The van der Waals surface area contributed by atoms with E-state index in [2.05, 4.69) is 4.74 Å². The van der Waals surface area contributed by atoms with Gasteiger partial charge in [-0.25, -0.2) is 0 Å². The highest BCUT2D eigenvalue weighted by Crippen LogP contribution is 2.32. The lowest BCUT2D eigenvalue weighted by Crippen LogP contribution is -2.40. The molecule has 0 radical (unpaired) electrons. The monoisotopic (exact) mass is 299 g/mol. The number of methoxy groups -OCH3 is 1. The van der Waals surface area contributed by atoms with Gasteiger partial charge in [0.05, 0.1) is 7.11 Å². The number of carbonyl (C=O) groups excluding carboxylic acids is 1. The van der Waals surface area contributed by atoms with E-state index in [1.54, 1.807) is 0 Å². The van der Waals surface area contributed by atoms with E-state index in [0.29, 0.717) is 12.3 Å². The summed E-state index contributed by atoms with van der Waals surface area (Å²) in [4.78, 5) is 20.6. The number of halogens is 1. The maximum absolute atomic E-state index is 11.4. The van der Waals surface area contributed by atoms with Gasteiger partial charge in [-0.15, -0.1) is 12.4 Å².